The lowest BCUT2D eigenvalue weighted by molar-refractivity contribution is 0.0203. The van der Waals surface area contributed by atoms with Gasteiger partial charge in [-0.25, -0.2) is 14.6 Å². The van der Waals surface area contributed by atoms with E-state index in [0.717, 1.165) is 32.8 Å². The molecule has 53 heavy (non-hydrogen) atoms. The predicted molar refractivity (Wildman–Crippen MR) is 211 cm³/mol. The molecule has 0 unspecified atom stereocenters. The molecule has 0 aliphatic heterocycles. The Labute approximate surface area is 316 Å². The van der Waals surface area contributed by atoms with Crippen LogP contribution in [0.2, 0.25) is 5.02 Å². The highest BCUT2D eigenvalue weighted by molar-refractivity contribution is 6.33. The number of benzene rings is 3. The molecule has 0 saturated heterocycles. The van der Waals surface area contributed by atoms with Gasteiger partial charge in [0, 0.05) is 71.9 Å². The number of rotatable bonds is 12. The number of fused-ring (bicyclic) bond motifs is 3. The van der Waals surface area contributed by atoms with Crippen LogP contribution in [-0.2, 0) is 16.0 Å². The molecule has 2 amide bonds. The number of nitriles is 1. The molecule has 276 valence electrons. The first-order valence-electron chi connectivity index (χ1n) is 17.8. The minimum Gasteiger partial charge on any atom is -0.444 e. The van der Waals surface area contributed by atoms with E-state index in [4.69, 9.17) is 26.1 Å². The number of hydrogen-bond acceptors (Lipinski definition) is 8. The third-order valence-electron chi connectivity index (χ3n) is 8.30. The number of anilines is 1. The van der Waals surface area contributed by atoms with Crippen molar-refractivity contribution in [2.24, 2.45) is 0 Å². The third-order valence-corrected chi connectivity index (χ3v) is 8.61. The number of halogens is 1. The van der Waals surface area contributed by atoms with E-state index in [-0.39, 0.29) is 0 Å². The molecule has 2 aromatic heterocycles. The lowest BCUT2D eigenvalue weighted by atomic mass is 10.0. The fourth-order valence-corrected chi connectivity index (χ4v) is 6.19. The van der Waals surface area contributed by atoms with Gasteiger partial charge in [0.15, 0.2) is 0 Å². The molecule has 0 radical (unpaired) electrons. The number of ether oxygens (including phenoxy) is 2. The van der Waals surface area contributed by atoms with Gasteiger partial charge in [0.25, 0.3) is 0 Å². The summed E-state index contributed by atoms with van der Waals surface area (Å²) in [6.45, 7) is 13.0. The molecule has 1 N–H and O–H groups in total. The third kappa shape index (κ3) is 10.8. The van der Waals surface area contributed by atoms with Crippen LogP contribution in [0.15, 0.2) is 85.2 Å². The topological polar surface area (TPSA) is 121 Å². The zero-order valence-electron chi connectivity index (χ0n) is 31.3. The van der Waals surface area contributed by atoms with Crippen LogP contribution in [0, 0.1) is 11.3 Å². The summed E-state index contributed by atoms with van der Waals surface area (Å²) in [5.41, 5.74) is 2.69. The second-order valence-corrected chi connectivity index (χ2v) is 15.3. The normalized spacial score (nSPS) is 11.6. The number of aromatic nitrogens is 2. The summed E-state index contributed by atoms with van der Waals surface area (Å²) in [5, 5.41) is 16.2. The first kappa shape index (κ1) is 38.8. The van der Waals surface area contributed by atoms with E-state index in [9.17, 15) is 14.9 Å². The quantitative estimate of drug-likeness (QED) is 0.0994. The minimum absolute atomic E-state index is 0.321. The molecule has 3 aromatic carbocycles. The largest absolute Gasteiger partial charge is 0.444 e. The van der Waals surface area contributed by atoms with Gasteiger partial charge in [-0.3, -0.25) is 4.98 Å². The van der Waals surface area contributed by atoms with E-state index in [1.807, 2.05) is 102 Å². The molecule has 0 saturated carbocycles. The molecule has 5 aromatic rings. The van der Waals surface area contributed by atoms with Crippen molar-refractivity contribution in [3.8, 4) is 17.2 Å². The summed E-state index contributed by atoms with van der Waals surface area (Å²) >= 11 is 6.71. The molecule has 0 spiro atoms. The molecule has 2 heterocycles. The van der Waals surface area contributed by atoms with Gasteiger partial charge in [-0.15, -0.1) is 0 Å². The number of nitrogens with zero attached hydrogens (tertiary/aromatic N) is 5. The molecular weight excluding hydrogens is 688 g/mol. The monoisotopic (exact) mass is 734 g/mol. The number of carbonyl (C=O) groups is 2. The first-order chi connectivity index (χ1) is 25.2. The Kier molecular flexibility index (Phi) is 12.4. The average Bonchev–Trinajstić information content (AvgIpc) is 3.10. The standard InChI is InChI=1S/C42H47ClN6O4/c1-41(2,3)52-39(50)48(23-20-46-38-34-18-19-45-27-35(34)33-17-14-29(26-44)25-37(33)47-38)21-10-11-22-49(40(51)53-42(4,5)6)28-30-15-16-32(36(43)24-30)31-12-8-7-9-13-31/h7-9,12-19,24-25,27H,10-11,20-23,28H2,1-6H3,(H,46,47). The van der Waals surface area contributed by atoms with Crippen LogP contribution < -0.4 is 5.32 Å². The van der Waals surface area contributed by atoms with Crippen molar-refractivity contribution in [3.05, 3.63) is 101 Å². The fourth-order valence-electron chi connectivity index (χ4n) is 5.88. The summed E-state index contributed by atoms with van der Waals surface area (Å²) in [6, 6.07) is 25.3. The van der Waals surface area contributed by atoms with Crippen molar-refractivity contribution >= 4 is 51.3 Å². The number of pyridine rings is 2. The molecule has 10 nitrogen and oxygen atoms in total. The fraction of sp³-hybridized carbons (Fsp3) is 0.357. The second-order valence-electron chi connectivity index (χ2n) is 14.9. The zero-order chi connectivity index (χ0) is 38.2. The lowest BCUT2D eigenvalue weighted by Crippen LogP contribution is -2.40. The average molecular weight is 735 g/mol. The maximum absolute atomic E-state index is 13.4. The van der Waals surface area contributed by atoms with Gasteiger partial charge in [-0.1, -0.05) is 60.1 Å². The van der Waals surface area contributed by atoms with E-state index < -0.39 is 23.4 Å². The lowest BCUT2D eigenvalue weighted by Gasteiger charge is -2.29. The van der Waals surface area contributed by atoms with Crippen molar-refractivity contribution in [1.29, 1.82) is 5.26 Å². The zero-order valence-corrected chi connectivity index (χ0v) is 32.0. The second kappa shape index (κ2) is 17.0. The van der Waals surface area contributed by atoms with E-state index in [0.29, 0.717) is 67.5 Å². The molecule has 11 heteroatoms. The summed E-state index contributed by atoms with van der Waals surface area (Å²) in [5.74, 6) is 0.638. The van der Waals surface area contributed by atoms with Gasteiger partial charge < -0.3 is 24.6 Å². The Balaban J connectivity index is 1.26. The molecule has 0 aliphatic carbocycles. The van der Waals surface area contributed by atoms with Crippen molar-refractivity contribution in [2.45, 2.75) is 72.1 Å². The number of hydrogen-bond donors (Lipinski definition) is 1. The van der Waals surface area contributed by atoms with Crippen LogP contribution in [0.3, 0.4) is 0 Å². The summed E-state index contributed by atoms with van der Waals surface area (Å²) in [4.78, 5) is 39.2. The van der Waals surface area contributed by atoms with Crippen LogP contribution in [0.25, 0.3) is 32.8 Å². The Bertz CT molecular complexity index is 2100. The van der Waals surface area contributed by atoms with Gasteiger partial charge in [0.1, 0.15) is 17.0 Å². The number of nitrogens with one attached hydrogen (secondary N) is 1. The van der Waals surface area contributed by atoms with Crippen LogP contribution >= 0.6 is 11.6 Å². The van der Waals surface area contributed by atoms with Crippen LogP contribution in [0.1, 0.15) is 65.5 Å². The summed E-state index contributed by atoms with van der Waals surface area (Å²) < 4.78 is 11.5. The molecular formula is C42H47ClN6O4. The summed E-state index contributed by atoms with van der Waals surface area (Å²) in [7, 11) is 0. The van der Waals surface area contributed by atoms with Crippen molar-refractivity contribution < 1.29 is 19.1 Å². The molecule has 0 bridgehead atoms. The number of amides is 2. The maximum atomic E-state index is 13.4. The molecule has 0 aliphatic rings. The minimum atomic E-state index is -0.671. The van der Waals surface area contributed by atoms with Crippen molar-refractivity contribution in [3.63, 3.8) is 0 Å². The molecule has 5 rings (SSSR count). The van der Waals surface area contributed by atoms with E-state index in [1.54, 1.807) is 34.3 Å². The summed E-state index contributed by atoms with van der Waals surface area (Å²) in [6.07, 6.45) is 3.90. The van der Waals surface area contributed by atoms with Gasteiger partial charge in [0.05, 0.1) is 17.1 Å². The SMILES string of the molecule is CC(C)(C)OC(=O)N(CCCCN(Cc1ccc(-c2ccccc2)c(Cl)c1)C(=O)OC(C)(C)C)CCNc1nc2cc(C#N)ccc2c2cnccc12. The van der Waals surface area contributed by atoms with Crippen LogP contribution in [-0.4, -0.2) is 69.3 Å². The van der Waals surface area contributed by atoms with E-state index in [1.165, 1.54) is 0 Å². The number of unbranched alkanes of at least 4 members (excludes halogenated alkanes) is 1. The van der Waals surface area contributed by atoms with Crippen LogP contribution in [0.5, 0.6) is 0 Å². The Morgan fingerprint density at radius 2 is 1.49 bits per heavy atom. The van der Waals surface area contributed by atoms with Crippen molar-refractivity contribution in [2.75, 3.05) is 31.5 Å². The Morgan fingerprint density at radius 3 is 2.15 bits per heavy atom. The highest BCUT2D eigenvalue weighted by atomic mass is 35.5. The van der Waals surface area contributed by atoms with Gasteiger partial charge in [0.2, 0.25) is 0 Å². The predicted octanol–water partition coefficient (Wildman–Crippen LogP) is 9.84. The van der Waals surface area contributed by atoms with Gasteiger partial charge in [-0.05, 0) is 89.8 Å². The van der Waals surface area contributed by atoms with Crippen LogP contribution in [0.4, 0.5) is 15.4 Å². The van der Waals surface area contributed by atoms with Gasteiger partial charge in [-0.2, -0.15) is 5.26 Å². The van der Waals surface area contributed by atoms with E-state index in [2.05, 4.69) is 16.4 Å². The highest BCUT2D eigenvalue weighted by Crippen LogP contribution is 2.30. The van der Waals surface area contributed by atoms with Gasteiger partial charge >= 0.3 is 12.2 Å². The Hall–Kier alpha value is -5.40. The van der Waals surface area contributed by atoms with E-state index >= 15 is 0 Å². The maximum Gasteiger partial charge on any atom is 0.410 e. The highest BCUT2D eigenvalue weighted by Gasteiger charge is 2.24. The van der Waals surface area contributed by atoms with Crippen molar-refractivity contribution in [1.82, 2.24) is 19.8 Å². The smallest absolute Gasteiger partial charge is 0.410 e. The number of carbonyl (C=O) groups excluding carboxylic acids is 2. The molecule has 0 atom stereocenters. The first-order valence-corrected chi connectivity index (χ1v) is 18.2. The Morgan fingerprint density at radius 1 is 0.811 bits per heavy atom. The molecule has 0 fully saturated rings.